The molecule has 1 aromatic carbocycles. The predicted octanol–water partition coefficient (Wildman–Crippen LogP) is 7.01. The highest BCUT2D eigenvalue weighted by molar-refractivity contribution is 7.99. The standard InChI is InChI=1S/C28H34F3N5OS/c1-3-27(17-22(27)19-9-12-21(13-10-19)28(29,30)31)15-7-5-4-6-8-16-38-26-35-34-25(36(26)2)20-11-14-23(24(32)37)33-18-20/h9-14,18,22H,3-8,15-17H2,1-2H3,(H2,32,37)/t22-,27+/m1/s1. The first-order valence-electron chi connectivity index (χ1n) is 13.1. The zero-order valence-electron chi connectivity index (χ0n) is 21.8. The van der Waals surface area contributed by atoms with Crippen LogP contribution in [0.5, 0.6) is 0 Å². The molecule has 3 aromatic rings. The van der Waals surface area contributed by atoms with E-state index in [1.54, 1.807) is 42.2 Å². The van der Waals surface area contributed by atoms with Gasteiger partial charge in [0.15, 0.2) is 11.0 Å². The maximum Gasteiger partial charge on any atom is 0.416 e. The molecule has 0 saturated heterocycles. The third-order valence-corrected chi connectivity index (χ3v) is 8.80. The molecule has 2 aromatic heterocycles. The number of halogens is 3. The van der Waals surface area contributed by atoms with Crippen LogP contribution in [0.2, 0.25) is 0 Å². The van der Waals surface area contributed by atoms with Gasteiger partial charge in [-0.05, 0) is 66.8 Å². The fourth-order valence-corrected chi connectivity index (χ4v) is 6.11. The topological polar surface area (TPSA) is 86.7 Å². The van der Waals surface area contributed by atoms with Crippen molar-refractivity contribution in [1.29, 1.82) is 0 Å². The Morgan fingerprint density at radius 2 is 1.79 bits per heavy atom. The van der Waals surface area contributed by atoms with E-state index in [-0.39, 0.29) is 11.1 Å². The molecule has 0 bridgehead atoms. The molecule has 1 aliphatic rings. The van der Waals surface area contributed by atoms with E-state index in [1.165, 1.54) is 25.0 Å². The Hall–Kier alpha value is -2.88. The summed E-state index contributed by atoms with van der Waals surface area (Å²) in [5.41, 5.74) is 6.97. The second-order valence-corrected chi connectivity index (χ2v) is 11.2. The van der Waals surface area contributed by atoms with Crippen LogP contribution in [-0.2, 0) is 13.2 Å². The van der Waals surface area contributed by atoms with Crippen LogP contribution in [0.25, 0.3) is 11.4 Å². The Bertz CT molecular complexity index is 1230. The number of carbonyl (C=O) groups is 1. The number of benzene rings is 1. The van der Waals surface area contributed by atoms with Gasteiger partial charge in [0.1, 0.15) is 5.69 Å². The number of alkyl halides is 3. The first-order valence-corrected chi connectivity index (χ1v) is 14.1. The van der Waals surface area contributed by atoms with E-state index in [2.05, 4.69) is 22.1 Å². The number of rotatable bonds is 13. The molecule has 38 heavy (non-hydrogen) atoms. The Morgan fingerprint density at radius 1 is 1.08 bits per heavy atom. The lowest BCUT2D eigenvalue weighted by Crippen LogP contribution is -2.12. The van der Waals surface area contributed by atoms with Gasteiger partial charge < -0.3 is 10.3 Å². The van der Waals surface area contributed by atoms with Gasteiger partial charge in [0.25, 0.3) is 5.91 Å². The van der Waals surface area contributed by atoms with Crippen molar-refractivity contribution >= 4 is 17.7 Å². The number of aromatic nitrogens is 4. The van der Waals surface area contributed by atoms with Gasteiger partial charge in [-0.15, -0.1) is 10.2 Å². The molecular formula is C28H34F3N5OS. The molecule has 2 atom stereocenters. The summed E-state index contributed by atoms with van der Waals surface area (Å²) in [4.78, 5) is 15.3. The van der Waals surface area contributed by atoms with Crippen LogP contribution in [0.1, 0.15) is 85.8 Å². The first kappa shape index (κ1) is 28.1. The number of nitrogens with two attached hydrogens (primary N) is 1. The number of primary amides is 1. The van der Waals surface area contributed by atoms with Crippen molar-refractivity contribution in [3.05, 3.63) is 59.4 Å². The molecule has 6 nitrogen and oxygen atoms in total. The third-order valence-electron chi connectivity index (χ3n) is 7.69. The summed E-state index contributed by atoms with van der Waals surface area (Å²) < 4.78 is 40.5. The molecule has 1 amide bonds. The predicted molar refractivity (Wildman–Crippen MR) is 143 cm³/mol. The van der Waals surface area contributed by atoms with Crippen LogP contribution in [-0.4, -0.2) is 31.4 Å². The molecule has 2 N–H and O–H groups in total. The average molecular weight is 546 g/mol. The molecule has 4 rings (SSSR count). The maximum atomic E-state index is 12.8. The number of hydrogen-bond acceptors (Lipinski definition) is 5. The number of amides is 1. The Kier molecular flexibility index (Phi) is 8.80. The highest BCUT2D eigenvalue weighted by atomic mass is 32.2. The highest BCUT2D eigenvalue weighted by Crippen LogP contribution is 2.64. The van der Waals surface area contributed by atoms with Gasteiger partial charge in [0.05, 0.1) is 5.56 Å². The summed E-state index contributed by atoms with van der Waals surface area (Å²) in [6.07, 6.45) is 6.34. The van der Waals surface area contributed by atoms with E-state index in [1.807, 2.05) is 11.6 Å². The molecular weight excluding hydrogens is 511 g/mol. The van der Waals surface area contributed by atoms with Crippen LogP contribution >= 0.6 is 11.8 Å². The molecule has 1 fully saturated rings. The lowest BCUT2D eigenvalue weighted by molar-refractivity contribution is -0.137. The van der Waals surface area contributed by atoms with Crippen molar-refractivity contribution < 1.29 is 18.0 Å². The van der Waals surface area contributed by atoms with Crippen LogP contribution < -0.4 is 5.73 Å². The summed E-state index contributed by atoms with van der Waals surface area (Å²) in [5.74, 6) is 1.47. The van der Waals surface area contributed by atoms with E-state index in [9.17, 15) is 18.0 Å². The van der Waals surface area contributed by atoms with Crippen molar-refractivity contribution in [3.63, 3.8) is 0 Å². The largest absolute Gasteiger partial charge is 0.416 e. The number of nitrogens with zero attached hydrogens (tertiary/aromatic N) is 4. The lowest BCUT2D eigenvalue weighted by Gasteiger charge is -2.16. The summed E-state index contributed by atoms with van der Waals surface area (Å²) in [7, 11) is 1.92. The van der Waals surface area contributed by atoms with E-state index >= 15 is 0 Å². The van der Waals surface area contributed by atoms with Crippen LogP contribution in [0.3, 0.4) is 0 Å². The Labute approximate surface area is 225 Å². The maximum absolute atomic E-state index is 12.8. The van der Waals surface area contributed by atoms with E-state index in [0.717, 1.165) is 60.6 Å². The van der Waals surface area contributed by atoms with Gasteiger partial charge in [-0.2, -0.15) is 13.2 Å². The highest BCUT2D eigenvalue weighted by Gasteiger charge is 2.52. The van der Waals surface area contributed by atoms with Gasteiger partial charge in [0, 0.05) is 24.6 Å². The molecule has 0 aliphatic heterocycles. The second-order valence-electron chi connectivity index (χ2n) is 10.1. The quantitative estimate of drug-likeness (QED) is 0.184. The summed E-state index contributed by atoms with van der Waals surface area (Å²) >= 11 is 1.68. The third kappa shape index (κ3) is 6.57. The van der Waals surface area contributed by atoms with Crippen molar-refractivity contribution in [2.45, 2.75) is 75.5 Å². The van der Waals surface area contributed by atoms with Crippen molar-refractivity contribution in [2.24, 2.45) is 18.2 Å². The first-order chi connectivity index (χ1) is 18.1. The van der Waals surface area contributed by atoms with Gasteiger partial charge >= 0.3 is 6.18 Å². The molecule has 1 aliphatic carbocycles. The molecule has 204 valence electrons. The normalized spacial score (nSPS) is 19.0. The number of thioether (sulfide) groups is 1. The fourth-order valence-electron chi connectivity index (χ4n) is 5.20. The number of pyridine rings is 1. The molecule has 0 unspecified atom stereocenters. The monoisotopic (exact) mass is 545 g/mol. The minimum Gasteiger partial charge on any atom is -0.364 e. The molecule has 2 heterocycles. The molecule has 0 spiro atoms. The van der Waals surface area contributed by atoms with Gasteiger partial charge in [-0.1, -0.05) is 56.5 Å². The van der Waals surface area contributed by atoms with Crippen molar-refractivity contribution in [3.8, 4) is 11.4 Å². The zero-order chi connectivity index (χ0) is 27.3. The van der Waals surface area contributed by atoms with E-state index in [4.69, 9.17) is 5.73 Å². The average Bonchev–Trinajstić information content (AvgIpc) is 3.52. The van der Waals surface area contributed by atoms with E-state index in [0.29, 0.717) is 11.7 Å². The minimum absolute atomic E-state index is 0.214. The van der Waals surface area contributed by atoms with Crippen LogP contribution in [0.4, 0.5) is 13.2 Å². The molecule has 0 radical (unpaired) electrons. The van der Waals surface area contributed by atoms with Crippen molar-refractivity contribution in [2.75, 3.05) is 5.75 Å². The number of hydrogen-bond donors (Lipinski definition) is 1. The lowest BCUT2D eigenvalue weighted by atomic mass is 9.90. The number of unbranched alkanes of at least 4 members (excludes halogenated alkanes) is 4. The van der Waals surface area contributed by atoms with Gasteiger partial charge in [-0.3, -0.25) is 9.78 Å². The number of carbonyl (C=O) groups excluding carboxylic acids is 1. The zero-order valence-corrected chi connectivity index (χ0v) is 22.6. The Balaban J connectivity index is 1.14. The molecule has 1 saturated carbocycles. The summed E-state index contributed by atoms with van der Waals surface area (Å²) in [6.45, 7) is 2.20. The SMILES string of the molecule is CC[C@]1(CCCCCCCSc2nnc(-c3ccc(C(N)=O)nc3)n2C)C[C@@H]1c1ccc(C(F)(F)F)cc1. The second kappa shape index (κ2) is 11.9. The fraction of sp³-hybridized carbons (Fsp3) is 0.500. The minimum atomic E-state index is -4.28. The van der Waals surface area contributed by atoms with Crippen LogP contribution in [0, 0.1) is 5.41 Å². The smallest absolute Gasteiger partial charge is 0.364 e. The van der Waals surface area contributed by atoms with E-state index < -0.39 is 17.6 Å². The van der Waals surface area contributed by atoms with Crippen molar-refractivity contribution in [1.82, 2.24) is 19.7 Å². The van der Waals surface area contributed by atoms with Crippen LogP contribution in [0.15, 0.2) is 47.8 Å². The molecule has 10 heteroatoms. The summed E-state index contributed by atoms with van der Waals surface area (Å²) in [6, 6.07) is 9.11. The van der Waals surface area contributed by atoms with Gasteiger partial charge in [0.2, 0.25) is 0 Å². The summed E-state index contributed by atoms with van der Waals surface area (Å²) in [5, 5.41) is 9.40. The van der Waals surface area contributed by atoms with Gasteiger partial charge in [-0.25, -0.2) is 0 Å². The Morgan fingerprint density at radius 3 is 2.42 bits per heavy atom.